The zero-order chi connectivity index (χ0) is 15.0. The predicted octanol–water partition coefficient (Wildman–Crippen LogP) is 3.55. The Morgan fingerprint density at radius 3 is 2.86 bits per heavy atom. The van der Waals surface area contributed by atoms with Crippen molar-refractivity contribution < 1.29 is 9.45 Å². The van der Waals surface area contributed by atoms with E-state index in [1.807, 2.05) is 42.1 Å². The van der Waals surface area contributed by atoms with Crippen LogP contribution >= 0.6 is 0 Å². The van der Waals surface area contributed by atoms with Gasteiger partial charge in [-0.2, -0.15) is 0 Å². The second-order valence-corrected chi connectivity index (χ2v) is 4.78. The van der Waals surface area contributed by atoms with Gasteiger partial charge in [0.1, 0.15) is 0 Å². The highest BCUT2D eigenvalue weighted by atomic mass is 16.6. The molecule has 3 aromatic rings. The molecule has 6 heteroatoms. The van der Waals surface area contributed by atoms with E-state index in [1.54, 1.807) is 19.1 Å². The lowest BCUT2D eigenvalue weighted by atomic mass is 10.1. The van der Waals surface area contributed by atoms with Crippen molar-refractivity contribution in [2.45, 2.75) is 6.92 Å². The molecule has 0 unspecified atom stereocenters. The summed E-state index contributed by atoms with van der Waals surface area (Å²) in [5.41, 5.74) is 2.25. The Morgan fingerprint density at radius 1 is 1.33 bits per heavy atom. The first-order valence-corrected chi connectivity index (χ1v) is 6.40. The number of aromatic nitrogens is 2. The molecule has 0 amide bonds. The topological polar surface area (TPSA) is 74.1 Å². The Bertz CT molecular complexity index is 858. The molecule has 0 saturated carbocycles. The van der Waals surface area contributed by atoms with E-state index in [-0.39, 0.29) is 17.1 Å². The zero-order valence-electron chi connectivity index (χ0n) is 11.6. The summed E-state index contributed by atoms with van der Waals surface area (Å²) >= 11 is 0. The number of hydrogen-bond acceptors (Lipinski definition) is 4. The third kappa shape index (κ3) is 2.20. The van der Waals surface area contributed by atoms with Gasteiger partial charge in [0.2, 0.25) is 5.76 Å². The molecule has 0 aliphatic rings. The van der Waals surface area contributed by atoms with Crippen LogP contribution in [-0.2, 0) is 7.05 Å². The van der Waals surface area contributed by atoms with Crippen LogP contribution in [0.15, 0.2) is 35.0 Å². The van der Waals surface area contributed by atoms with Crippen molar-refractivity contribution in [3.05, 3.63) is 57.6 Å². The van der Waals surface area contributed by atoms with Gasteiger partial charge in [-0.3, -0.25) is 10.1 Å². The molecule has 0 radical (unpaired) electrons. The number of rotatable bonds is 3. The van der Waals surface area contributed by atoms with E-state index in [1.165, 1.54) is 0 Å². The van der Waals surface area contributed by atoms with Gasteiger partial charge in [-0.15, -0.1) is 0 Å². The van der Waals surface area contributed by atoms with Crippen molar-refractivity contribution in [3.63, 3.8) is 0 Å². The Kier molecular flexibility index (Phi) is 3.06. The van der Waals surface area contributed by atoms with Crippen LogP contribution < -0.4 is 0 Å². The fourth-order valence-electron chi connectivity index (χ4n) is 2.39. The van der Waals surface area contributed by atoms with Gasteiger partial charge in [0.15, 0.2) is 5.69 Å². The summed E-state index contributed by atoms with van der Waals surface area (Å²) in [6, 6.07) is 7.96. The Labute approximate surface area is 120 Å². The summed E-state index contributed by atoms with van der Waals surface area (Å²) in [5.74, 6) is 0.158. The molecule has 0 fully saturated rings. The van der Waals surface area contributed by atoms with Gasteiger partial charge in [-0.25, -0.2) is 0 Å². The summed E-state index contributed by atoms with van der Waals surface area (Å²) in [4.78, 5) is 10.5. The van der Waals surface area contributed by atoms with E-state index < -0.39 is 4.92 Å². The second kappa shape index (κ2) is 4.90. The van der Waals surface area contributed by atoms with Crippen molar-refractivity contribution in [3.8, 4) is 0 Å². The van der Waals surface area contributed by atoms with Crippen molar-refractivity contribution in [2.24, 2.45) is 7.05 Å². The van der Waals surface area contributed by atoms with Gasteiger partial charge in [-0.1, -0.05) is 23.4 Å². The Balaban J connectivity index is 2.05. The summed E-state index contributed by atoms with van der Waals surface area (Å²) in [6.07, 6.45) is 5.35. The Morgan fingerprint density at radius 2 is 2.10 bits per heavy atom. The molecule has 0 spiro atoms. The lowest BCUT2D eigenvalue weighted by Crippen LogP contribution is -1.90. The molecule has 0 bridgehead atoms. The average molecular weight is 283 g/mol. The molecule has 2 aromatic heterocycles. The third-order valence-corrected chi connectivity index (χ3v) is 3.38. The van der Waals surface area contributed by atoms with Gasteiger partial charge in [-0.05, 0) is 25.1 Å². The highest BCUT2D eigenvalue weighted by Gasteiger charge is 2.21. The number of nitro groups is 1. The molecule has 0 saturated heterocycles. The lowest BCUT2D eigenvalue weighted by Gasteiger charge is -1.93. The largest absolute Gasteiger partial charge is 0.350 e. The minimum absolute atomic E-state index is 0.0912. The van der Waals surface area contributed by atoms with Gasteiger partial charge in [0.05, 0.1) is 4.92 Å². The monoisotopic (exact) mass is 283 g/mol. The maximum Gasteiger partial charge on any atom is 0.338 e. The van der Waals surface area contributed by atoms with Crippen LogP contribution in [0.3, 0.4) is 0 Å². The summed E-state index contributed by atoms with van der Waals surface area (Å²) in [6.45, 7) is 1.55. The lowest BCUT2D eigenvalue weighted by molar-refractivity contribution is -0.386. The predicted molar refractivity (Wildman–Crippen MR) is 79.7 cm³/mol. The third-order valence-electron chi connectivity index (χ3n) is 3.38. The minimum Gasteiger partial charge on any atom is -0.350 e. The van der Waals surface area contributed by atoms with Gasteiger partial charge < -0.3 is 9.09 Å². The molecule has 6 nitrogen and oxygen atoms in total. The van der Waals surface area contributed by atoms with Crippen LogP contribution in [0.2, 0.25) is 0 Å². The van der Waals surface area contributed by atoms with E-state index in [4.69, 9.17) is 4.52 Å². The van der Waals surface area contributed by atoms with E-state index >= 15 is 0 Å². The summed E-state index contributed by atoms with van der Waals surface area (Å²) in [5, 5.41) is 15.7. The highest BCUT2D eigenvalue weighted by molar-refractivity contribution is 5.92. The number of hydrogen-bond donors (Lipinski definition) is 0. The first kappa shape index (κ1) is 13.1. The van der Waals surface area contributed by atoms with E-state index in [9.17, 15) is 10.1 Å². The number of benzene rings is 1. The maximum atomic E-state index is 11.0. The van der Waals surface area contributed by atoms with Crippen molar-refractivity contribution in [1.29, 1.82) is 0 Å². The van der Waals surface area contributed by atoms with Crippen LogP contribution in [0.4, 0.5) is 5.69 Å². The van der Waals surface area contributed by atoms with Crippen LogP contribution in [0, 0.1) is 17.0 Å². The summed E-state index contributed by atoms with van der Waals surface area (Å²) < 4.78 is 7.02. The molecule has 0 aliphatic carbocycles. The smallest absolute Gasteiger partial charge is 0.338 e. The average Bonchev–Trinajstić information content (AvgIpc) is 2.98. The molecule has 0 atom stereocenters. The number of aryl methyl sites for hydroxylation is 2. The molecule has 0 aliphatic heterocycles. The Hall–Kier alpha value is -2.89. The van der Waals surface area contributed by atoms with Gasteiger partial charge >= 0.3 is 5.69 Å². The summed E-state index contributed by atoms with van der Waals surface area (Å²) in [7, 11) is 1.96. The molecule has 1 aromatic carbocycles. The van der Waals surface area contributed by atoms with E-state index in [0.29, 0.717) is 0 Å². The molecule has 2 heterocycles. The zero-order valence-corrected chi connectivity index (χ0v) is 11.6. The maximum absolute atomic E-state index is 11.0. The normalized spacial score (nSPS) is 11.5. The van der Waals surface area contributed by atoms with Crippen molar-refractivity contribution in [2.75, 3.05) is 0 Å². The van der Waals surface area contributed by atoms with Crippen LogP contribution in [0.25, 0.3) is 23.1 Å². The second-order valence-electron chi connectivity index (χ2n) is 4.78. The molecule has 106 valence electrons. The number of para-hydroxylation sites is 1. The van der Waals surface area contributed by atoms with Crippen LogP contribution in [-0.4, -0.2) is 14.6 Å². The van der Waals surface area contributed by atoms with E-state index in [2.05, 4.69) is 5.16 Å². The molecule has 3 rings (SSSR count). The van der Waals surface area contributed by atoms with E-state index in [0.717, 1.165) is 16.5 Å². The standard InChI is InChI=1S/C15H13N3O3/c1-10-15(18(19)20)14(21-16-10)8-7-11-9-17(2)13-6-4-3-5-12(11)13/h3-9H,1-2H3/b8-7+. The number of fused-ring (bicyclic) bond motifs is 1. The quantitative estimate of drug-likeness (QED) is 0.544. The highest BCUT2D eigenvalue weighted by Crippen LogP contribution is 2.26. The SMILES string of the molecule is Cc1noc(/C=C/c2cn(C)c3ccccc23)c1[N+](=O)[O-]. The van der Waals surface area contributed by atoms with Crippen LogP contribution in [0.1, 0.15) is 17.0 Å². The fraction of sp³-hybridized carbons (Fsp3) is 0.133. The fourth-order valence-corrected chi connectivity index (χ4v) is 2.39. The van der Waals surface area contributed by atoms with Crippen molar-refractivity contribution in [1.82, 2.24) is 9.72 Å². The molecular weight excluding hydrogens is 270 g/mol. The minimum atomic E-state index is -0.478. The van der Waals surface area contributed by atoms with Crippen LogP contribution in [0.5, 0.6) is 0 Å². The molecule has 0 N–H and O–H groups in total. The first-order valence-electron chi connectivity index (χ1n) is 6.40. The molecular formula is C15H13N3O3. The van der Waals surface area contributed by atoms with Gasteiger partial charge in [0, 0.05) is 29.7 Å². The van der Waals surface area contributed by atoms with Gasteiger partial charge in [0.25, 0.3) is 0 Å². The first-order chi connectivity index (χ1) is 10.1. The van der Waals surface area contributed by atoms with Crippen molar-refractivity contribution >= 4 is 28.7 Å². The number of nitrogens with zero attached hydrogens (tertiary/aromatic N) is 3. The molecule has 21 heavy (non-hydrogen) atoms.